The van der Waals surface area contributed by atoms with Gasteiger partial charge in [-0.15, -0.1) is 15.8 Å². The Balaban J connectivity index is 1.85. The predicted octanol–water partition coefficient (Wildman–Crippen LogP) is 6.50. The molecule has 0 aliphatic rings. The summed E-state index contributed by atoms with van der Waals surface area (Å²) in [6.07, 6.45) is 1.46. The Hall–Kier alpha value is -5.17. The molecule has 52 heavy (non-hydrogen) atoms. The lowest BCUT2D eigenvalue weighted by atomic mass is 10.1. The highest BCUT2D eigenvalue weighted by Gasteiger charge is 2.35. The van der Waals surface area contributed by atoms with Gasteiger partial charge in [0, 0.05) is 11.8 Å². The molecule has 0 amide bonds. The van der Waals surface area contributed by atoms with Crippen LogP contribution in [-0.4, -0.2) is 66.8 Å². The third-order valence-electron chi connectivity index (χ3n) is 7.37. The standard InChI is InChI=1S/C34H37N5O10S3/c1-8-48-39(52(42,43)29-14-11-17-50-29)34-31(49-25-13-10-9-12-24(25)44-4)33(38-51(40,41)28-16-15-22(20-35-28)21(2)3)36-32(37-34)23-18-26(45-5)30(47-7)27(19-23)46-6/h9-21H,8H2,1-7H3,(H,36,37,38). The fourth-order valence-electron chi connectivity index (χ4n) is 4.80. The molecular formula is C34H37N5O10S3. The zero-order valence-electron chi connectivity index (χ0n) is 29.3. The number of aromatic nitrogens is 3. The van der Waals surface area contributed by atoms with Gasteiger partial charge in [-0.3, -0.25) is 9.56 Å². The zero-order valence-corrected chi connectivity index (χ0v) is 31.8. The minimum Gasteiger partial charge on any atom is -0.493 e. The van der Waals surface area contributed by atoms with E-state index in [-0.39, 0.29) is 61.9 Å². The summed E-state index contributed by atoms with van der Waals surface area (Å²) in [4.78, 5) is 19.2. The molecule has 0 atom stereocenters. The molecule has 15 nitrogen and oxygen atoms in total. The van der Waals surface area contributed by atoms with Gasteiger partial charge in [0.1, 0.15) is 4.21 Å². The van der Waals surface area contributed by atoms with Crippen molar-refractivity contribution in [3.8, 4) is 45.9 Å². The number of anilines is 2. The lowest BCUT2D eigenvalue weighted by Crippen LogP contribution is -2.32. The molecule has 0 aliphatic carbocycles. The van der Waals surface area contributed by atoms with Gasteiger partial charge < -0.3 is 23.7 Å². The third kappa shape index (κ3) is 7.84. The highest BCUT2D eigenvalue weighted by Crippen LogP contribution is 2.46. The first kappa shape index (κ1) is 38.1. The van der Waals surface area contributed by atoms with Gasteiger partial charge in [-0.1, -0.05) is 38.1 Å². The van der Waals surface area contributed by atoms with Crippen LogP contribution in [0.1, 0.15) is 32.3 Å². The van der Waals surface area contributed by atoms with Crippen molar-refractivity contribution >= 4 is 43.0 Å². The number of para-hydroxylation sites is 2. The van der Waals surface area contributed by atoms with Crippen LogP contribution in [0.4, 0.5) is 11.6 Å². The molecule has 0 bridgehead atoms. The SMILES string of the molecule is CCON(c1nc(-c2cc(OC)c(OC)c(OC)c2)nc(NS(=O)(=O)c2ccc(C(C)C)cn2)c1Oc1ccccc1OC)S(=O)(=O)c1cccs1. The number of benzene rings is 2. The molecule has 2 aromatic carbocycles. The van der Waals surface area contributed by atoms with Crippen molar-refractivity contribution in [1.82, 2.24) is 15.0 Å². The minimum absolute atomic E-state index is 0.0835. The molecule has 0 unspecified atom stereocenters. The van der Waals surface area contributed by atoms with Crippen molar-refractivity contribution in [2.24, 2.45) is 0 Å². The molecule has 276 valence electrons. The van der Waals surface area contributed by atoms with Crippen molar-refractivity contribution in [3.05, 3.63) is 77.8 Å². The molecule has 0 radical (unpaired) electrons. The molecule has 5 rings (SSSR count). The Morgan fingerprint density at radius 1 is 0.808 bits per heavy atom. The smallest absolute Gasteiger partial charge is 0.297 e. The number of hydrogen-bond acceptors (Lipinski definition) is 14. The molecule has 0 aliphatic heterocycles. The molecule has 5 aromatic rings. The summed E-state index contributed by atoms with van der Waals surface area (Å²) in [6, 6.07) is 15.5. The van der Waals surface area contributed by atoms with E-state index in [1.165, 1.54) is 58.9 Å². The number of pyridine rings is 1. The average molecular weight is 772 g/mol. The van der Waals surface area contributed by atoms with Crippen LogP contribution in [0.5, 0.6) is 34.5 Å². The first-order chi connectivity index (χ1) is 24.9. The van der Waals surface area contributed by atoms with Gasteiger partial charge in [0.2, 0.25) is 17.3 Å². The molecule has 3 heterocycles. The highest BCUT2D eigenvalue weighted by molar-refractivity contribution is 7.94. The van der Waals surface area contributed by atoms with Crippen LogP contribution in [0.2, 0.25) is 0 Å². The number of nitrogens with one attached hydrogen (secondary N) is 1. The van der Waals surface area contributed by atoms with Crippen LogP contribution in [-0.2, 0) is 24.9 Å². The summed E-state index contributed by atoms with van der Waals surface area (Å²) in [5.74, 6) is -0.407. The first-order valence-electron chi connectivity index (χ1n) is 15.6. The van der Waals surface area contributed by atoms with Crippen molar-refractivity contribution in [2.75, 3.05) is 44.2 Å². The molecule has 1 N–H and O–H groups in total. The number of thiophene rings is 1. The summed E-state index contributed by atoms with van der Waals surface area (Å²) in [7, 11) is -3.31. The summed E-state index contributed by atoms with van der Waals surface area (Å²) < 4.78 is 87.7. The van der Waals surface area contributed by atoms with Crippen LogP contribution in [0.15, 0.2) is 81.5 Å². The number of rotatable bonds is 16. The second-order valence-corrected chi connectivity index (χ2v) is 15.5. The summed E-state index contributed by atoms with van der Waals surface area (Å²) >= 11 is 0.943. The van der Waals surface area contributed by atoms with E-state index in [4.69, 9.17) is 28.5 Å². The number of nitrogens with zero attached hydrogens (tertiary/aromatic N) is 4. The Labute approximate surface area is 306 Å². The van der Waals surface area contributed by atoms with E-state index in [0.717, 1.165) is 16.9 Å². The number of sulfonamides is 2. The fraction of sp³-hybridized carbons (Fsp3) is 0.265. The summed E-state index contributed by atoms with van der Waals surface area (Å²) in [5, 5.41) is 1.25. The van der Waals surface area contributed by atoms with Gasteiger partial charge in [-0.05, 0) is 60.2 Å². The van der Waals surface area contributed by atoms with Crippen LogP contribution < -0.4 is 32.9 Å². The van der Waals surface area contributed by atoms with Gasteiger partial charge in [-0.25, -0.2) is 15.0 Å². The van der Waals surface area contributed by atoms with Crippen LogP contribution in [0.3, 0.4) is 0 Å². The van der Waals surface area contributed by atoms with Gasteiger partial charge in [0.05, 0.1) is 35.0 Å². The Kier molecular flexibility index (Phi) is 11.7. The Bertz CT molecular complexity index is 2210. The summed E-state index contributed by atoms with van der Waals surface area (Å²) in [6.45, 7) is 5.34. The fourth-order valence-corrected chi connectivity index (χ4v) is 8.05. The largest absolute Gasteiger partial charge is 0.493 e. The van der Waals surface area contributed by atoms with Crippen molar-refractivity contribution in [3.63, 3.8) is 0 Å². The number of hydrogen-bond donors (Lipinski definition) is 1. The van der Waals surface area contributed by atoms with Crippen LogP contribution in [0.25, 0.3) is 11.4 Å². The molecule has 0 saturated heterocycles. The topological polar surface area (TPSA) is 178 Å². The van der Waals surface area contributed by atoms with E-state index in [1.807, 2.05) is 13.8 Å². The zero-order chi connectivity index (χ0) is 37.6. The van der Waals surface area contributed by atoms with E-state index < -0.39 is 37.4 Å². The number of ether oxygens (including phenoxy) is 5. The molecule has 3 aromatic heterocycles. The van der Waals surface area contributed by atoms with E-state index in [9.17, 15) is 16.8 Å². The lowest BCUT2D eigenvalue weighted by molar-refractivity contribution is 0.160. The quantitative estimate of drug-likeness (QED) is 0.108. The Morgan fingerprint density at radius 2 is 1.48 bits per heavy atom. The van der Waals surface area contributed by atoms with Gasteiger partial charge >= 0.3 is 0 Å². The van der Waals surface area contributed by atoms with Crippen molar-refractivity contribution in [1.29, 1.82) is 0 Å². The first-order valence-corrected chi connectivity index (χ1v) is 19.4. The van der Waals surface area contributed by atoms with Crippen molar-refractivity contribution in [2.45, 2.75) is 35.9 Å². The highest BCUT2D eigenvalue weighted by atomic mass is 32.2. The minimum atomic E-state index is -4.50. The Morgan fingerprint density at radius 3 is 2.02 bits per heavy atom. The predicted molar refractivity (Wildman–Crippen MR) is 195 cm³/mol. The van der Waals surface area contributed by atoms with E-state index in [0.29, 0.717) is 4.47 Å². The van der Waals surface area contributed by atoms with Gasteiger partial charge in [0.15, 0.2) is 39.7 Å². The average Bonchev–Trinajstić information content (AvgIpc) is 3.70. The van der Waals surface area contributed by atoms with Crippen LogP contribution >= 0.6 is 11.3 Å². The lowest BCUT2D eigenvalue weighted by Gasteiger charge is -2.25. The second kappa shape index (κ2) is 16.0. The molecular weight excluding hydrogens is 735 g/mol. The summed E-state index contributed by atoms with van der Waals surface area (Å²) in [5.41, 5.74) is 1.05. The van der Waals surface area contributed by atoms with E-state index in [1.54, 1.807) is 48.7 Å². The third-order valence-corrected chi connectivity index (χ3v) is 11.6. The van der Waals surface area contributed by atoms with E-state index in [2.05, 4.69) is 19.7 Å². The molecule has 0 fully saturated rings. The maximum Gasteiger partial charge on any atom is 0.297 e. The van der Waals surface area contributed by atoms with Gasteiger partial charge in [0.25, 0.3) is 20.0 Å². The van der Waals surface area contributed by atoms with Crippen molar-refractivity contribution < 1.29 is 45.4 Å². The molecule has 0 spiro atoms. The molecule has 0 saturated carbocycles. The molecule has 18 heteroatoms. The van der Waals surface area contributed by atoms with Crippen LogP contribution in [0, 0.1) is 0 Å². The maximum atomic E-state index is 14.2. The maximum absolute atomic E-state index is 14.2. The van der Waals surface area contributed by atoms with Gasteiger partial charge in [-0.2, -0.15) is 16.8 Å². The second-order valence-electron chi connectivity index (χ2n) is 11.0. The normalized spacial score (nSPS) is 11.6. The monoisotopic (exact) mass is 771 g/mol. The number of methoxy groups -OCH3 is 4. The van der Waals surface area contributed by atoms with E-state index >= 15 is 0 Å².